The third kappa shape index (κ3) is 2.15. The molecule has 1 heterocycles. The topological polar surface area (TPSA) is 60.8 Å². The maximum absolute atomic E-state index is 12.0. The van der Waals surface area contributed by atoms with Gasteiger partial charge in [0.05, 0.1) is 10.7 Å². The number of allylic oxidation sites excluding steroid dienone is 1. The lowest BCUT2D eigenvalue weighted by Gasteiger charge is -2.23. The van der Waals surface area contributed by atoms with E-state index in [0.29, 0.717) is 12.0 Å². The predicted octanol–water partition coefficient (Wildman–Crippen LogP) is 3.55. The van der Waals surface area contributed by atoms with Crippen molar-refractivity contribution >= 4 is 23.4 Å². The highest BCUT2D eigenvalue weighted by atomic mass is 32.2. The summed E-state index contributed by atoms with van der Waals surface area (Å²) in [6.07, 6.45) is 4.63. The standard InChI is InChI=1S/C19H19NO3S/c1-2-20-13-9-5-6-10-14(13)24-18(20)16-15(19(22)23)11-7-3-4-8-12(11)17(16)21/h4-6,8-10,15,17,21H,2-3,7H2,1H3,(H,22,23)/b18-16-. The second-order valence-corrected chi connectivity index (χ2v) is 7.20. The van der Waals surface area contributed by atoms with Gasteiger partial charge in [-0.05, 0) is 43.0 Å². The maximum Gasteiger partial charge on any atom is 0.315 e. The highest BCUT2D eigenvalue weighted by Gasteiger charge is 2.45. The second-order valence-electron chi connectivity index (χ2n) is 6.17. The zero-order chi connectivity index (χ0) is 16.8. The van der Waals surface area contributed by atoms with E-state index in [1.165, 1.54) is 0 Å². The maximum atomic E-state index is 12.0. The van der Waals surface area contributed by atoms with Gasteiger partial charge in [-0.15, -0.1) is 0 Å². The van der Waals surface area contributed by atoms with Gasteiger partial charge < -0.3 is 15.1 Å². The van der Waals surface area contributed by atoms with E-state index in [0.717, 1.165) is 39.7 Å². The Hall–Kier alpha value is -1.98. The molecule has 4 nitrogen and oxygen atoms in total. The lowest BCUT2D eigenvalue weighted by molar-refractivity contribution is -0.139. The summed E-state index contributed by atoms with van der Waals surface area (Å²) in [5.41, 5.74) is 3.36. The van der Waals surface area contributed by atoms with E-state index in [4.69, 9.17) is 0 Å². The molecule has 1 aromatic carbocycles. The van der Waals surface area contributed by atoms with Gasteiger partial charge in [0.2, 0.25) is 0 Å². The first kappa shape index (κ1) is 15.5. The van der Waals surface area contributed by atoms with Gasteiger partial charge in [-0.25, -0.2) is 0 Å². The van der Waals surface area contributed by atoms with Crippen LogP contribution in [0.1, 0.15) is 19.8 Å². The highest BCUT2D eigenvalue weighted by Crippen LogP contribution is 2.52. The molecule has 0 saturated carbocycles. The van der Waals surface area contributed by atoms with Gasteiger partial charge in [-0.3, -0.25) is 4.79 Å². The van der Waals surface area contributed by atoms with Crippen LogP contribution in [0.15, 0.2) is 63.1 Å². The molecule has 1 aromatic rings. The molecule has 124 valence electrons. The van der Waals surface area contributed by atoms with E-state index in [-0.39, 0.29) is 0 Å². The van der Waals surface area contributed by atoms with Crippen LogP contribution in [0.5, 0.6) is 0 Å². The lowest BCUT2D eigenvalue weighted by atomic mass is 9.92. The van der Waals surface area contributed by atoms with Gasteiger partial charge in [0.25, 0.3) is 0 Å². The highest BCUT2D eigenvalue weighted by molar-refractivity contribution is 8.03. The number of aliphatic hydroxyl groups excluding tert-OH is 1. The Balaban J connectivity index is 1.87. The molecule has 1 aliphatic heterocycles. The molecule has 4 rings (SSSR count). The molecule has 5 heteroatoms. The number of benzene rings is 1. The number of aliphatic hydroxyl groups is 1. The number of carbonyl (C=O) groups is 1. The van der Waals surface area contributed by atoms with Gasteiger partial charge in [-0.2, -0.15) is 0 Å². The van der Waals surface area contributed by atoms with Gasteiger partial charge >= 0.3 is 5.97 Å². The largest absolute Gasteiger partial charge is 0.481 e. The fourth-order valence-electron chi connectivity index (χ4n) is 3.88. The fraction of sp³-hybridized carbons (Fsp3) is 0.316. The van der Waals surface area contributed by atoms with Crippen LogP contribution in [0.4, 0.5) is 5.69 Å². The fourth-order valence-corrected chi connectivity index (χ4v) is 5.20. The number of thioether (sulfide) groups is 1. The average molecular weight is 341 g/mol. The summed E-state index contributed by atoms with van der Waals surface area (Å²) in [7, 11) is 0. The number of anilines is 1. The summed E-state index contributed by atoms with van der Waals surface area (Å²) in [5.74, 6) is -1.59. The predicted molar refractivity (Wildman–Crippen MR) is 94.9 cm³/mol. The summed E-state index contributed by atoms with van der Waals surface area (Å²) in [6.45, 7) is 2.79. The van der Waals surface area contributed by atoms with E-state index in [1.807, 2.05) is 43.3 Å². The Morgan fingerprint density at radius 1 is 1.38 bits per heavy atom. The molecule has 0 fully saturated rings. The zero-order valence-corrected chi connectivity index (χ0v) is 14.2. The summed E-state index contributed by atoms with van der Waals surface area (Å²) < 4.78 is 0. The van der Waals surface area contributed by atoms with Crippen molar-refractivity contribution in [2.24, 2.45) is 5.92 Å². The molecule has 2 unspecified atom stereocenters. The lowest BCUT2D eigenvalue weighted by Crippen LogP contribution is -2.26. The third-order valence-corrected chi connectivity index (χ3v) is 6.13. The van der Waals surface area contributed by atoms with Crippen molar-refractivity contribution in [3.05, 3.63) is 58.2 Å². The molecular weight excluding hydrogens is 322 g/mol. The number of hydrogen-bond donors (Lipinski definition) is 2. The molecule has 0 amide bonds. The van der Waals surface area contributed by atoms with E-state index in [2.05, 4.69) is 4.90 Å². The average Bonchev–Trinajstić information content (AvgIpc) is 3.10. The summed E-state index contributed by atoms with van der Waals surface area (Å²) in [5, 5.41) is 21.6. The normalized spacial score (nSPS) is 28.3. The zero-order valence-electron chi connectivity index (χ0n) is 13.4. The Morgan fingerprint density at radius 3 is 2.92 bits per heavy atom. The Labute approximate surface area is 145 Å². The van der Waals surface area contributed by atoms with E-state index >= 15 is 0 Å². The second kappa shape index (κ2) is 5.83. The van der Waals surface area contributed by atoms with Crippen molar-refractivity contribution in [1.82, 2.24) is 0 Å². The molecule has 2 atom stereocenters. The minimum absolute atomic E-state index is 0.627. The summed E-state index contributed by atoms with van der Waals surface area (Å²) in [4.78, 5) is 15.2. The molecule has 2 aliphatic carbocycles. The molecule has 0 saturated heterocycles. The molecule has 0 spiro atoms. The molecular formula is C19H19NO3S. The molecule has 24 heavy (non-hydrogen) atoms. The number of para-hydroxylation sites is 1. The van der Waals surface area contributed by atoms with Crippen molar-refractivity contribution in [2.45, 2.75) is 30.8 Å². The van der Waals surface area contributed by atoms with Crippen LogP contribution in [-0.4, -0.2) is 28.8 Å². The summed E-state index contributed by atoms with van der Waals surface area (Å²) in [6, 6.07) is 8.06. The monoisotopic (exact) mass is 341 g/mol. The Morgan fingerprint density at radius 2 is 2.17 bits per heavy atom. The van der Waals surface area contributed by atoms with Crippen LogP contribution in [0.3, 0.4) is 0 Å². The molecule has 2 N–H and O–H groups in total. The van der Waals surface area contributed by atoms with Crippen LogP contribution in [0.2, 0.25) is 0 Å². The van der Waals surface area contributed by atoms with E-state index in [9.17, 15) is 15.0 Å². The number of carboxylic acid groups (broad SMARTS) is 1. The van der Waals surface area contributed by atoms with Crippen LogP contribution in [-0.2, 0) is 4.79 Å². The van der Waals surface area contributed by atoms with Crippen LogP contribution < -0.4 is 4.90 Å². The minimum Gasteiger partial charge on any atom is -0.481 e. The molecule has 0 aromatic heterocycles. The van der Waals surface area contributed by atoms with Crippen molar-refractivity contribution < 1.29 is 15.0 Å². The number of rotatable bonds is 2. The van der Waals surface area contributed by atoms with Crippen molar-refractivity contribution in [2.75, 3.05) is 11.4 Å². The van der Waals surface area contributed by atoms with Gasteiger partial charge in [0, 0.05) is 17.0 Å². The number of aliphatic carboxylic acids is 1. The van der Waals surface area contributed by atoms with Crippen LogP contribution >= 0.6 is 11.8 Å². The first-order valence-corrected chi connectivity index (χ1v) is 9.04. The van der Waals surface area contributed by atoms with Crippen molar-refractivity contribution in [3.63, 3.8) is 0 Å². The minimum atomic E-state index is -0.871. The van der Waals surface area contributed by atoms with Gasteiger partial charge in [0.1, 0.15) is 12.0 Å². The Kier molecular flexibility index (Phi) is 3.77. The SMILES string of the molecule is CCN1/C(=C2/C(O)C3=C(CCC=C3)C2C(=O)O)Sc2ccccc21. The van der Waals surface area contributed by atoms with Crippen LogP contribution in [0.25, 0.3) is 0 Å². The summed E-state index contributed by atoms with van der Waals surface area (Å²) >= 11 is 1.57. The number of fused-ring (bicyclic) bond motifs is 1. The van der Waals surface area contributed by atoms with Gasteiger partial charge in [0.15, 0.2) is 0 Å². The molecule has 0 bridgehead atoms. The smallest absolute Gasteiger partial charge is 0.315 e. The van der Waals surface area contributed by atoms with E-state index in [1.54, 1.807) is 11.8 Å². The number of nitrogens with zero attached hydrogens (tertiary/aromatic N) is 1. The van der Waals surface area contributed by atoms with Gasteiger partial charge in [-0.1, -0.05) is 36.0 Å². The Bertz CT molecular complexity index is 809. The quantitative estimate of drug-likeness (QED) is 0.861. The third-order valence-electron chi connectivity index (χ3n) is 4.92. The van der Waals surface area contributed by atoms with E-state index < -0.39 is 18.0 Å². The molecule has 0 radical (unpaired) electrons. The molecule has 3 aliphatic rings. The number of carboxylic acids is 1. The number of hydrogen-bond acceptors (Lipinski definition) is 4. The first-order valence-electron chi connectivity index (χ1n) is 8.22. The van der Waals surface area contributed by atoms with Crippen LogP contribution in [0, 0.1) is 5.92 Å². The van der Waals surface area contributed by atoms with Crippen molar-refractivity contribution in [3.8, 4) is 0 Å². The van der Waals surface area contributed by atoms with Crippen molar-refractivity contribution in [1.29, 1.82) is 0 Å². The first-order chi connectivity index (χ1) is 11.6.